The quantitative estimate of drug-likeness (QED) is 0.715. The molecule has 0 saturated heterocycles. The highest BCUT2D eigenvalue weighted by molar-refractivity contribution is 5.29. The average molecular weight is 181 g/mol. The Kier molecular flexibility index (Phi) is 6.98. The number of hydrogen-bond donors (Lipinski definition) is 0. The predicted molar refractivity (Wildman–Crippen MR) is 56.1 cm³/mol. The SMILES string of the molecule is CC.CCOc1cnccc1CC. The molecule has 74 valence electrons. The summed E-state index contributed by atoms with van der Waals surface area (Å²) < 4.78 is 5.37. The van der Waals surface area contributed by atoms with Gasteiger partial charge in [-0.2, -0.15) is 0 Å². The average Bonchev–Trinajstić information content (AvgIpc) is 2.22. The number of aromatic nitrogens is 1. The maximum atomic E-state index is 5.37. The molecule has 0 radical (unpaired) electrons. The number of pyridine rings is 1. The molecule has 0 saturated carbocycles. The zero-order valence-corrected chi connectivity index (χ0v) is 9.00. The van der Waals surface area contributed by atoms with E-state index >= 15 is 0 Å². The second-order valence-electron chi connectivity index (χ2n) is 2.27. The van der Waals surface area contributed by atoms with Crippen molar-refractivity contribution in [3.63, 3.8) is 0 Å². The molecule has 2 heteroatoms. The van der Waals surface area contributed by atoms with Crippen LogP contribution < -0.4 is 4.74 Å². The molecule has 0 amide bonds. The molecule has 1 aromatic rings. The third-order valence-electron chi connectivity index (χ3n) is 1.55. The molecule has 1 heterocycles. The Morgan fingerprint density at radius 1 is 1.31 bits per heavy atom. The topological polar surface area (TPSA) is 22.1 Å². The van der Waals surface area contributed by atoms with E-state index in [4.69, 9.17) is 4.74 Å². The van der Waals surface area contributed by atoms with Crippen LogP contribution in [0.1, 0.15) is 33.3 Å². The fraction of sp³-hybridized carbons (Fsp3) is 0.545. The first-order chi connectivity index (χ1) is 6.38. The normalized spacial score (nSPS) is 8.62. The molecule has 0 N–H and O–H groups in total. The van der Waals surface area contributed by atoms with Crippen LogP contribution in [0.5, 0.6) is 5.75 Å². The summed E-state index contributed by atoms with van der Waals surface area (Å²) in [6.07, 6.45) is 4.56. The second kappa shape index (κ2) is 7.59. The maximum Gasteiger partial charge on any atom is 0.140 e. The fourth-order valence-electron chi connectivity index (χ4n) is 0.986. The third-order valence-corrected chi connectivity index (χ3v) is 1.55. The van der Waals surface area contributed by atoms with Crippen molar-refractivity contribution in [3.05, 3.63) is 24.0 Å². The highest BCUT2D eigenvalue weighted by Crippen LogP contribution is 2.15. The molecule has 0 aliphatic heterocycles. The number of rotatable bonds is 3. The highest BCUT2D eigenvalue weighted by Gasteiger charge is 1.98. The van der Waals surface area contributed by atoms with E-state index in [-0.39, 0.29) is 0 Å². The van der Waals surface area contributed by atoms with Gasteiger partial charge < -0.3 is 4.74 Å². The molecule has 0 fully saturated rings. The molecule has 0 aliphatic carbocycles. The van der Waals surface area contributed by atoms with Gasteiger partial charge in [0.2, 0.25) is 0 Å². The summed E-state index contributed by atoms with van der Waals surface area (Å²) in [5.74, 6) is 0.914. The fourth-order valence-corrected chi connectivity index (χ4v) is 0.986. The van der Waals surface area contributed by atoms with Crippen molar-refractivity contribution in [2.75, 3.05) is 6.61 Å². The Morgan fingerprint density at radius 2 is 2.00 bits per heavy atom. The van der Waals surface area contributed by atoms with Gasteiger partial charge >= 0.3 is 0 Å². The summed E-state index contributed by atoms with van der Waals surface area (Å²) in [7, 11) is 0. The van der Waals surface area contributed by atoms with Crippen molar-refractivity contribution >= 4 is 0 Å². The number of hydrogen-bond acceptors (Lipinski definition) is 2. The van der Waals surface area contributed by atoms with E-state index in [1.807, 2.05) is 26.8 Å². The predicted octanol–water partition coefficient (Wildman–Crippen LogP) is 3.07. The lowest BCUT2D eigenvalue weighted by atomic mass is 10.2. The van der Waals surface area contributed by atoms with Gasteiger partial charge in [0.15, 0.2) is 0 Å². The Morgan fingerprint density at radius 3 is 2.54 bits per heavy atom. The van der Waals surface area contributed by atoms with E-state index in [0.717, 1.165) is 12.2 Å². The van der Waals surface area contributed by atoms with Gasteiger partial charge in [0.1, 0.15) is 5.75 Å². The van der Waals surface area contributed by atoms with Gasteiger partial charge in [-0.3, -0.25) is 4.98 Å². The largest absolute Gasteiger partial charge is 0.492 e. The monoisotopic (exact) mass is 181 g/mol. The molecule has 0 atom stereocenters. The van der Waals surface area contributed by atoms with E-state index < -0.39 is 0 Å². The van der Waals surface area contributed by atoms with Crippen LogP contribution in [-0.2, 0) is 6.42 Å². The lowest BCUT2D eigenvalue weighted by Crippen LogP contribution is -1.95. The number of aryl methyl sites for hydroxylation is 1. The van der Waals surface area contributed by atoms with Crippen molar-refractivity contribution in [1.29, 1.82) is 0 Å². The highest BCUT2D eigenvalue weighted by atomic mass is 16.5. The molecule has 0 aliphatic rings. The van der Waals surface area contributed by atoms with Gasteiger partial charge in [-0.05, 0) is 25.0 Å². The second-order valence-corrected chi connectivity index (χ2v) is 2.27. The molecule has 0 aromatic carbocycles. The molecule has 0 unspecified atom stereocenters. The van der Waals surface area contributed by atoms with Crippen LogP contribution in [0.3, 0.4) is 0 Å². The Bertz CT molecular complexity index is 223. The first-order valence-corrected chi connectivity index (χ1v) is 4.94. The van der Waals surface area contributed by atoms with Crippen molar-refractivity contribution in [1.82, 2.24) is 4.98 Å². The van der Waals surface area contributed by atoms with Crippen molar-refractivity contribution in [2.24, 2.45) is 0 Å². The molecule has 0 bridgehead atoms. The maximum absolute atomic E-state index is 5.37. The summed E-state index contributed by atoms with van der Waals surface area (Å²) in [5, 5.41) is 0. The van der Waals surface area contributed by atoms with Gasteiger partial charge in [0.25, 0.3) is 0 Å². The van der Waals surface area contributed by atoms with Gasteiger partial charge in [0.05, 0.1) is 12.8 Å². The summed E-state index contributed by atoms with van der Waals surface area (Å²) in [6, 6.07) is 1.99. The van der Waals surface area contributed by atoms with Crippen molar-refractivity contribution < 1.29 is 4.74 Å². The van der Waals surface area contributed by atoms with Gasteiger partial charge in [-0.15, -0.1) is 0 Å². The van der Waals surface area contributed by atoms with Crippen LogP contribution in [0.15, 0.2) is 18.5 Å². The Balaban J connectivity index is 0.000000671. The molecular formula is C11H19NO. The lowest BCUT2D eigenvalue weighted by Gasteiger charge is -2.06. The van der Waals surface area contributed by atoms with Gasteiger partial charge in [-0.25, -0.2) is 0 Å². The summed E-state index contributed by atoms with van der Waals surface area (Å²) in [5.41, 5.74) is 1.22. The van der Waals surface area contributed by atoms with Gasteiger partial charge in [-0.1, -0.05) is 20.8 Å². The zero-order chi connectivity index (χ0) is 10.1. The Hall–Kier alpha value is -1.05. The van der Waals surface area contributed by atoms with Crippen molar-refractivity contribution in [3.8, 4) is 5.75 Å². The molecule has 2 nitrogen and oxygen atoms in total. The lowest BCUT2D eigenvalue weighted by molar-refractivity contribution is 0.335. The summed E-state index contributed by atoms with van der Waals surface area (Å²) >= 11 is 0. The molecule has 13 heavy (non-hydrogen) atoms. The summed E-state index contributed by atoms with van der Waals surface area (Å²) in [6.45, 7) is 8.79. The molecule has 0 spiro atoms. The summed E-state index contributed by atoms with van der Waals surface area (Å²) in [4.78, 5) is 3.99. The minimum absolute atomic E-state index is 0.707. The van der Waals surface area contributed by atoms with E-state index in [9.17, 15) is 0 Å². The minimum atomic E-state index is 0.707. The smallest absolute Gasteiger partial charge is 0.140 e. The van der Waals surface area contributed by atoms with Crippen LogP contribution >= 0.6 is 0 Å². The Labute approximate surface area is 81.0 Å². The first-order valence-electron chi connectivity index (χ1n) is 4.94. The van der Waals surface area contributed by atoms with E-state index in [2.05, 4.69) is 11.9 Å². The van der Waals surface area contributed by atoms with E-state index in [0.29, 0.717) is 6.61 Å². The van der Waals surface area contributed by atoms with Crippen LogP contribution in [0, 0.1) is 0 Å². The van der Waals surface area contributed by atoms with Crippen LogP contribution in [0.4, 0.5) is 0 Å². The van der Waals surface area contributed by atoms with E-state index in [1.54, 1.807) is 12.4 Å². The number of ether oxygens (including phenoxy) is 1. The number of nitrogens with zero attached hydrogens (tertiary/aromatic N) is 1. The third kappa shape index (κ3) is 3.92. The molecule has 1 rings (SSSR count). The van der Waals surface area contributed by atoms with E-state index in [1.165, 1.54) is 5.56 Å². The zero-order valence-electron chi connectivity index (χ0n) is 9.00. The van der Waals surface area contributed by atoms with Gasteiger partial charge in [0, 0.05) is 6.20 Å². The van der Waals surface area contributed by atoms with Crippen LogP contribution in [-0.4, -0.2) is 11.6 Å². The minimum Gasteiger partial charge on any atom is -0.492 e. The first kappa shape index (κ1) is 11.9. The molecule has 1 aromatic heterocycles. The van der Waals surface area contributed by atoms with Crippen LogP contribution in [0.25, 0.3) is 0 Å². The van der Waals surface area contributed by atoms with Crippen molar-refractivity contribution in [2.45, 2.75) is 34.1 Å². The standard InChI is InChI=1S/C9H13NO.C2H6/c1-3-8-5-6-10-7-9(8)11-4-2;1-2/h5-7H,3-4H2,1-2H3;1-2H3. The van der Waals surface area contributed by atoms with Crippen LogP contribution in [0.2, 0.25) is 0 Å². The molecular weight excluding hydrogens is 162 g/mol.